The summed E-state index contributed by atoms with van der Waals surface area (Å²) in [5.74, 6) is 1.86. The fraction of sp³-hybridized carbons (Fsp3) is 0.385. The molecular weight excluding hydrogens is 398 g/mol. The summed E-state index contributed by atoms with van der Waals surface area (Å²) in [5.41, 5.74) is 4.03. The molecule has 0 aliphatic carbocycles. The number of amides is 1. The van der Waals surface area contributed by atoms with Crippen LogP contribution < -0.4 is 4.90 Å². The smallest absolute Gasteiger partial charge is 0.254 e. The van der Waals surface area contributed by atoms with Crippen molar-refractivity contribution in [3.05, 3.63) is 83.1 Å². The Labute approximate surface area is 189 Å². The van der Waals surface area contributed by atoms with Crippen molar-refractivity contribution in [2.24, 2.45) is 0 Å². The molecule has 0 unspecified atom stereocenters. The van der Waals surface area contributed by atoms with Crippen LogP contribution in [-0.4, -0.2) is 38.8 Å². The Morgan fingerprint density at radius 1 is 1.00 bits per heavy atom. The predicted octanol–water partition coefficient (Wildman–Crippen LogP) is 4.50. The molecule has 0 saturated carbocycles. The zero-order valence-electron chi connectivity index (χ0n) is 18.6. The summed E-state index contributed by atoms with van der Waals surface area (Å²) in [6.45, 7) is 4.52. The highest BCUT2D eigenvalue weighted by atomic mass is 16.2. The van der Waals surface area contributed by atoms with Crippen molar-refractivity contribution in [3.63, 3.8) is 0 Å². The van der Waals surface area contributed by atoms with Crippen molar-refractivity contribution in [1.82, 2.24) is 19.9 Å². The van der Waals surface area contributed by atoms with E-state index < -0.39 is 0 Å². The van der Waals surface area contributed by atoms with Crippen LogP contribution in [0.25, 0.3) is 0 Å². The number of likely N-dealkylation sites (tertiary alicyclic amines) is 1. The van der Waals surface area contributed by atoms with E-state index >= 15 is 0 Å². The molecule has 4 heterocycles. The van der Waals surface area contributed by atoms with Gasteiger partial charge in [0.15, 0.2) is 5.82 Å². The lowest BCUT2D eigenvalue weighted by Crippen LogP contribution is -2.40. The summed E-state index contributed by atoms with van der Waals surface area (Å²) in [6, 6.07) is 15.5. The number of aryl methyl sites for hydroxylation is 1. The van der Waals surface area contributed by atoms with Crippen molar-refractivity contribution in [3.8, 4) is 0 Å². The Bertz CT molecular complexity index is 1090. The summed E-state index contributed by atoms with van der Waals surface area (Å²) in [5, 5.41) is 0. The lowest BCUT2D eigenvalue weighted by atomic mass is 9.98. The summed E-state index contributed by atoms with van der Waals surface area (Å²) < 4.78 is 0. The molecule has 1 saturated heterocycles. The maximum atomic E-state index is 13.3. The summed E-state index contributed by atoms with van der Waals surface area (Å²) in [7, 11) is 0. The molecule has 0 spiro atoms. The Balaban J connectivity index is 1.48. The third-order valence-electron chi connectivity index (χ3n) is 6.53. The van der Waals surface area contributed by atoms with Crippen LogP contribution in [0.3, 0.4) is 0 Å². The van der Waals surface area contributed by atoms with E-state index in [4.69, 9.17) is 9.97 Å². The molecule has 6 heteroatoms. The van der Waals surface area contributed by atoms with Gasteiger partial charge < -0.3 is 9.80 Å². The minimum atomic E-state index is -0.0842. The van der Waals surface area contributed by atoms with Crippen molar-refractivity contribution in [2.75, 3.05) is 18.0 Å². The van der Waals surface area contributed by atoms with E-state index in [9.17, 15) is 4.79 Å². The lowest BCUT2D eigenvalue weighted by molar-refractivity contribution is 0.0599. The second-order valence-corrected chi connectivity index (χ2v) is 8.69. The third-order valence-corrected chi connectivity index (χ3v) is 6.53. The zero-order valence-corrected chi connectivity index (χ0v) is 18.6. The van der Waals surface area contributed by atoms with Gasteiger partial charge in [0.05, 0.1) is 18.3 Å². The van der Waals surface area contributed by atoms with E-state index in [1.54, 1.807) is 0 Å². The van der Waals surface area contributed by atoms with Gasteiger partial charge in [0, 0.05) is 36.1 Å². The Morgan fingerprint density at radius 3 is 2.66 bits per heavy atom. The number of hydrogen-bond acceptors (Lipinski definition) is 5. The lowest BCUT2D eigenvalue weighted by Gasteiger charge is -2.36. The Kier molecular flexibility index (Phi) is 5.84. The first-order valence-electron chi connectivity index (χ1n) is 11.6. The minimum Gasteiger partial charge on any atom is -0.350 e. The molecule has 0 N–H and O–H groups in total. The van der Waals surface area contributed by atoms with Gasteiger partial charge in [-0.1, -0.05) is 24.3 Å². The fourth-order valence-electron chi connectivity index (χ4n) is 4.89. The van der Waals surface area contributed by atoms with Crippen LogP contribution in [0.2, 0.25) is 0 Å². The number of anilines is 1. The molecule has 3 aromatic rings. The van der Waals surface area contributed by atoms with Crippen molar-refractivity contribution in [1.29, 1.82) is 0 Å². The number of rotatable bonds is 4. The standard InChI is InChI=1S/C26H29N5O/c1-19-22-13-9-16-30(18-21-12-5-7-15-27-21)25(22)29-24(28-19)23-14-6-8-17-31(23)26(32)20-10-3-2-4-11-20/h2-5,7,10-12,15,23H,6,8-9,13-14,16-18H2,1H3/t23-/m1/s1. The van der Waals surface area contributed by atoms with Gasteiger partial charge in [0.1, 0.15) is 5.82 Å². The van der Waals surface area contributed by atoms with Crippen molar-refractivity contribution >= 4 is 11.7 Å². The summed E-state index contributed by atoms with van der Waals surface area (Å²) >= 11 is 0. The SMILES string of the molecule is Cc1nc([C@H]2CCCCN2C(=O)c2ccccc2)nc2c1CCCN2Cc1ccccn1. The highest BCUT2D eigenvalue weighted by Gasteiger charge is 2.32. The second-order valence-electron chi connectivity index (χ2n) is 8.69. The number of carbonyl (C=O) groups excluding carboxylic acids is 1. The van der Waals surface area contributed by atoms with E-state index in [2.05, 4.69) is 22.9 Å². The average Bonchev–Trinajstić information content (AvgIpc) is 2.85. The first-order chi connectivity index (χ1) is 15.7. The van der Waals surface area contributed by atoms with E-state index in [-0.39, 0.29) is 11.9 Å². The normalized spacial score (nSPS) is 18.3. The van der Waals surface area contributed by atoms with Crippen LogP contribution in [0.4, 0.5) is 5.82 Å². The van der Waals surface area contributed by atoms with E-state index in [0.29, 0.717) is 0 Å². The number of piperidine rings is 1. The third kappa shape index (κ3) is 4.09. The van der Waals surface area contributed by atoms with E-state index in [1.165, 1.54) is 5.56 Å². The number of hydrogen-bond donors (Lipinski definition) is 0. The van der Waals surface area contributed by atoms with Gasteiger partial charge in [0.2, 0.25) is 0 Å². The van der Waals surface area contributed by atoms with Crippen LogP contribution in [0, 0.1) is 6.92 Å². The average molecular weight is 428 g/mol. The number of benzene rings is 1. The minimum absolute atomic E-state index is 0.0691. The van der Waals surface area contributed by atoms with Gasteiger partial charge in [-0.3, -0.25) is 9.78 Å². The first-order valence-corrected chi connectivity index (χ1v) is 11.6. The monoisotopic (exact) mass is 427 g/mol. The fourth-order valence-corrected chi connectivity index (χ4v) is 4.89. The molecule has 2 aliphatic heterocycles. The molecule has 2 aliphatic rings. The molecule has 1 atom stereocenters. The van der Waals surface area contributed by atoms with Crippen LogP contribution in [-0.2, 0) is 13.0 Å². The number of aromatic nitrogens is 3. The maximum Gasteiger partial charge on any atom is 0.254 e. The molecule has 1 amide bonds. The predicted molar refractivity (Wildman–Crippen MR) is 124 cm³/mol. The molecule has 0 radical (unpaired) electrons. The Hall–Kier alpha value is -3.28. The molecule has 1 aromatic carbocycles. The number of carbonyl (C=O) groups is 1. The van der Waals surface area contributed by atoms with Gasteiger partial charge >= 0.3 is 0 Å². The molecule has 6 nitrogen and oxygen atoms in total. The zero-order chi connectivity index (χ0) is 21.9. The van der Waals surface area contributed by atoms with E-state index in [1.807, 2.05) is 53.6 Å². The van der Waals surface area contributed by atoms with Crippen LogP contribution in [0.15, 0.2) is 54.7 Å². The van der Waals surface area contributed by atoms with Gasteiger partial charge in [-0.25, -0.2) is 9.97 Å². The van der Waals surface area contributed by atoms with Crippen LogP contribution >= 0.6 is 0 Å². The van der Waals surface area contributed by atoms with Crippen LogP contribution in [0.1, 0.15) is 64.9 Å². The number of nitrogens with zero attached hydrogens (tertiary/aromatic N) is 5. The van der Waals surface area contributed by atoms with Crippen molar-refractivity contribution in [2.45, 2.75) is 51.6 Å². The largest absolute Gasteiger partial charge is 0.350 e. The highest BCUT2D eigenvalue weighted by molar-refractivity contribution is 5.94. The number of pyridine rings is 1. The topological polar surface area (TPSA) is 62.2 Å². The molecule has 164 valence electrons. The van der Waals surface area contributed by atoms with Gasteiger partial charge in [-0.05, 0) is 63.3 Å². The first kappa shape index (κ1) is 20.6. The molecule has 1 fully saturated rings. The summed E-state index contributed by atoms with van der Waals surface area (Å²) in [6.07, 6.45) is 6.93. The quantitative estimate of drug-likeness (QED) is 0.613. The molecule has 32 heavy (non-hydrogen) atoms. The van der Waals surface area contributed by atoms with Gasteiger partial charge in [0.25, 0.3) is 5.91 Å². The van der Waals surface area contributed by atoms with Gasteiger partial charge in [-0.15, -0.1) is 0 Å². The molecule has 0 bridgehead atoms. The maximum absolute atomic E-state index is 13.3. The van der Waals surface area contributed by atoms with Crippen LogP contribution in [0.5, 0.6) is 0 Å². The van der Waals surface area contributed by atoms with E-state index in [0.717, 1.165) is 80.3 Å². The molecule has 2 aromatic heterocycles. The molecule has 5 rings (SSSR count). The summed E-state index contributed by atoms with van der Waals surface area (Å²) in [4.78, 5) is 32.2. The van der Waals surface area contributed by atoms with Crippen molar-refractivity contribution < 1.29 is 4.79 Å². The second kappa shape index (κ2) is 9.07. The highest BCUT2D eigenvalue weighted by Crippen LogP contribution is 2.34. The Morgan fingerprint density at radius 2 is 1.84 bits per heavy atom. The number of fused-ring (bicyclic) bond motifs is 1. The molecular formula is C26H29N5O. The van der Waals surface area contributed by atoms with Gasteiger partial charge in [-0.2, -0.15) is 0 Å².